The Balaban J connectivity index is 2.67. The fourth-order valence-corrected chi connectivity index (χ4v) is 2.13. The van der Waals surface area contributed by atoms with E-state index in [9.17, 15) is 9.59 Å². The van der Waals surface area contributed by atoms with Crippen LogP contribution < -0.4 is 0 Å². The molecule has 0 aromatic heterocycles. The summed E-state index contributed by atoms with van der Waals surface area (Å²) in [7, 11) is 1.88. The molecule has 0 spiro atoms. The molecule has 0 radical (unpaired) electrons. The van der Waals surface area contributed by atoms with Crippen LogP contribution in [0.4, 0.5) is 0 Å². The molecule has 1 aliphatic heterocycles. The second kappa shape index (κ2) is 5.04. The molecule has 1 N–H and O–H groups in total. The van der Waals surface area contributed by atoms with Gasteiger partial charge in [0.1, 0.15) is 0 Å². The minimum atomic E-state index is -0.780. The van der Waals surface area contributed by atoms with Gasteiger partial charge in [-0.3, -0.25) is 14.5 Å². The largest absolute Gasteiger partial charge is 0.481 e. The quantitative estimate of drug-likeness (QED) is 0.795. The highest BCUT2D eigenvalue weighted by molar-refractivity contribution is 5.80. The predicted octanol–water partition coefficient (Wildman–Crippen LogP) is 0.792. The Labute approximate surface area is 102 Å². The fraction of sp³-hybridized carbons (Fsp3) is 0.833. The van der Waals surface area contributed by atoms with Gasteiger partial charge in [0.25, 0.3) is 0 Å². The van der Waals surface area contributed by atoms with Crippen LogP contribution in [-0.4, -0.2) is 58.5 Å². The van der Waals surface area contributed by atoms with Crippen LogP contribution in [0.2, 0.25) is 0 Å². The molecule has 5 nitrogen and oxygen atoms in total. The lowest BCUT2D eigenvalue weighted by Gasteiger charge is -2.45. The molecule has 1 rings (SSSR count). The molecule has 98 valence electrons. The number of carboxylic acids is 1. The Morgan fingerprint density at radius 2 is 2.06 bits per heavy atom. The monoisotopic (exact) mass is 242 g/mol. The van der Waals surface area contributed by atoms with Gasteiger partial charge in [-0.05, 0) is 34.2 Å². The van der Waals surface area contributed by atoms with Gasteiger partial charge in [-0.2, -0.15) is 0 Å². The van der Waals surface area contributed by atoms with E-state index in [2.05, 4.69) is 0 Å². The lowest BCUT2D eigenvalue weighted by molar-refractivity contribution is -0.144. The second-order valence-electron chi connectivity index (χ2n) is 5.68. The zero-order chi connectivity index (χ0) is 13.2. The van der Waals surface area contributed by atoms with E-state index in [1.54, 1.807) is 0 Å². The topological polar surface area (TPSA) is 60.9 Å². The van der Waals surface area contributed by atoms with Crippen molar-refractivity contribution in [3.05, 3.63) is 0 Å². The van der Waals surface area contributed by atoms with Crippen LogP contribution in [0.25, 0.3) is 0 Å². The molecule has 0 aliphatic carbocycles. The van der Waals surface area contributed by atoms with Crippen LogP contribution in [-0.2, 0) is 9.59 Å². The number of hydrogen-bond donors (Lipinski definition) is 1. The summed E-state index contributed by atoms with van der Waals surface area (Å²) in [6.45, 7) is 7.01. The van der Waals surface area contributed by atoms with Crippen LogP contribution in [0.3, 0.4) is 0 Å². The van der Waals surface area contributed by atoms with Gasteiger partial charge in [-0.1, -0.05) is 0 Å². The van der Waals surface area contributed by atoms with Gasteiger partial charge >= 0.3 is 5.97 Å². The molecule has 0 bridgehead atoms. The standard InChI is InChI=1S/C12H22N2O3/c1-12(2,3)14-7-9(5-6-11(16)17)13(4)8-10(14)15/h9H,5-8H2,1-4H3,(H,16,17). The van der Waals surface area contributed by atoms with Crippen molar-refractivity contribution in [1.29, 1.82) is 0 Å². The number of carbonyl (C=O) groups is 2. The van der Waals surface area contributed by atoms with E-state index in [0.717, 1.165) is 0 Å². The molecule has 1 saturated heterocycles. The van der Waals surface area contributed by atoms with Gasteiger partial charge < -0.3 is 10.0 Å². The maximum atomic E-state index is 11.9. The average molecular weight is 242 g/mol. The number of likely N-dealkylation sites (N-methyl/N-ethyl adjacent to an activating group) is 1. The molecule has 1 amide bonds. The van der Waals surface area contributed by atoms with Crippen LogP contribution in [0.15, 0.2) is 0 Å². The van der Waals surface area contributed by atoms with Crippen molar-refractivity contribution in [2.24, 2.45) is 0 Å². The molecule has 0 aromatic rings. The molecule has 1 aliphatic rings. The predicted molar refractivity (Wildman–Crippen MR) is 64.8 cm³/mol. The van der Waals surface area contributed by atoms with Crippen molar-refractivity contribution in [3.8, 4) is 0 Å². The Bertz CT molecular complexity index is 309. The molecule has 17 heavy (non-hydrogen) atoms. The van der Waals surface area contributed by atoms with Crippen molar-refractivity contribution < 1.29 is 14.7 Å². The number of hydrogen-bond acceptors (Lipinski definition) is 3. The van der Waals surface area contributed by atoms with E-state index in [0.29, 0.717) is 19.5 Å². The van der Waals surface area contributed by atoms with Gasteiger partial charge in [0.05, 0.1) is 6.54 Å². The van der Waals surface area contributed by atoms with Crippen molar-refractivity contribution in [2.75, 3.05) is 20.1 Å². The van der Waals surface area contributed by atoms with E-state index in [1.165, 1.54) is 0 Å². The number of aliphatic carboxylic acids is 1. The fourth-order valence-electron chi connectivity index (χ4n) is 2.13. The number of carboxylic acid groups (broad SMARTS) is 1. The molecule has 1 atom stereocenters. The molecule has 0 aromatic carbocycles. The third-order valence-corrected chi connectivity index (χ3v) is 3.20. The van der Waals surface area contributed by atoms with E-state index in [4.69, 9.17) is 5.11 Å². The number of nitrogens with zero attached hydrogens (tertiary/aromatic N) is 2. The SMILES string of the molecule is CN1CC(=O)N(C(C)(C)C)CC1CCC(=O)O. The normalized spacial score (nSPS) is 22.9. The Morgan fingerprint density at radius 3 is 2.53 bits per heavy atom. The van der Waals surface area contributed by atoms with E-state index in [1.807, 2.05) is 37.6 Å². The maximum absolute atomic E-state index is 11.9. The minimum Gasteiger partial charge on any atom is -0.481 e. The number of rotatable bonds is 3. The molecule has 0 saturated carbocycles. The van der Waals surface area contributed by atoms with Crippen LogP contribution in [0.5, 0.6) is 0 Å². The van der Waals surface area contributed by atoms with Crippen LogP contribution in [0.1, 0.15) is 33.6 Å². The number of carbonyl (C=O) groups excluding carboxylic acids is 1. The van der Waals surface area contributed by atoms with Gasteiger partial charge in [0.15, 0.2) is 0 Å². The minimum absolute atomic E-state index is 0.117. The summed E-state index contributed by atoms with van der Waals surface area (Å²) in [4.78, 5) is 26.3. The highest BCUT2D eigenvalue weighted by Gasteiger charge is 2.35. The summed E-state index contributed by atoms with van der Waals surface area (Å²) in [6, 6.07) is 0.142. The van der Waals surface area contributed by atoms with Crippen LogP contribution >= 0.6 is 0 Å². The molecule has 1 fully saturated rings. The lowest BCUT2D eigenvalue weighted by atomic mass is 9.99. The molecule has 5 heteroatoms. The van der Waals surface area contributed by atoms with Crippen molar-refractivity contribution in [3.63, 3.8) is 0 Å². The first kappa shape index (κ1) is 14.0. The summed E-state index contributed by atoms with van der Waals surface area (Å²) >= 11 is 0. The summed E-state index contributed by atoms with van der Waals surface area (Å²) < 4.78 is 0. The zero-order valence-electron chi connectivity index (χ0n) is 11.1. The van der Waals surface area contributed by atoms with Crippen molar-refractivity contribution >= 4 is 11.9 Å². The summed E-state index contributed by atoms with van der Waals surface area (Å²) in [5, 5.41) is 8.71. The van der Waals surface area contributed by atoms with E-state index < -0.39 is 5.97 Å². The summed E-state index contributed by atoms with van der Waals surface area (Å²) in [5.74, 6) is -0.663. The zero-order valence-corrected chi connectivity index (χ0v) is 11.1. The maximum Gasteiger partial charge on any atom is 0.303 e. The first-order valence-electron chi connectivity index (χ1n) is 5.94. The molecule has 1 unspecified atom stereocenters. The van der Waals surface area contributed by atoms with E-state index >= 15 is 0 Å². The number of piperazine rings is 1. The number of amides is 1. The Kier molecular flexibility index (Phi) is 4.14. The average Bonchev–Trinajstić information content (AvgIpc) is 2.13. The Hall–Kier alpha value is -1.10. The van der Waals surface area contributed by atoms with Crippen LogP contribution in [0, 0.1) is 0 Å². The van der Waals surface area contributed by atoms with Gasteiger partial charge in [0, 0.05) is 24.5 Å². The van der Waals surface area contributed by atoms with Gasteiger partial charge in [-0.15, -0.1) is 0 Å². The molecular weight excluding hydrogens is 220 g/mol. The molecular formula is C12H22N2O3. The third kappa shape index (κ3) is 3.70. The summed E-state index contributed by atoms with van der Waals surface area (Å²) in [6.07, 6.45) is 0.743. The summed E-state index contributed by atoms with van der Waals surface area (Å²) in [5.41, 5.74) is -0.195. The van der Waals surface area contributed by atoms with Crippen molar-refractivity contribution in [2.45, 2.75) is 45.2 Å². The van der Waals surface area contributed by atoms with Gasteiger partial charge in [0.2, 0.25) is 5.91 Å². The third-order valence-electron chi connectivity index (χ3n) is 3.20. The lowest BCUT2D eigenvalue weighted by Crippen LogP contribution is -2.60. The molecule has 1 heterocycles. The van der Waals surface area contributed by atoms with Gasteiger partial charge in [-0.25, -0.2) is 0 Å². The Morgan fingerprint density at radius 1 is 1.47 bits per heavy atom. The highest BCUT2D eigenvalue weighted by Crippen LogP contribution is 2.21. The second-order valence-corrected chi connectivity index (χ2v) is 5.68. The first-order valence-corrected chi connectivity index (χ1v) is 5.94. The highest BCUT2D eigenvalue weighted by atomic mass is 16.4. The van der Waals surface area contributed by atoms with E-state index in [-0.39, 0.29) is 23.9 Å². The smallest absolute Gasteiger partial charge is 0.303 e. The first-order chi connectivity index (χ1) is 7.71. The van der Waals surface area contributed by atoms with Crippen molar-refractivity contribution in [1.82, 2.24) is 9.80 Å².